The van der Waals surface area contributed by atoms with Crippen LogP contribution < -0.4 is 4.90 Å². The van der Waals surface area contributed by atoms with Gasteiger partial charge in [-0.05, 0) is 103 Å². The Bertz CT molecular complexity index is 3100. The molecule has 0 fully saturated rings. The van der Waals surface area contributed by atoms with Crippen LogP contribution in [0.3, 0.4) is 0 Å². The standard InChI is InChI=1S/C55H39NO/c1-55(2)49-35-44(33-34-47(49)51-45-17-9-10-18-46(45)54-52(53(51)55)48-19-11-12-20-50(48)57-54)56(42-29-25-40(26-30-42)37-15-7-4-8-16-37)43-31-27-41(28-32-43)39-23-21-38(22-24-39)36-13-5-3-6-14-36/h3-35H,1-2H3. The fraction of sp³-hybridized carbons (Fsp3) is 0.0545. The SMILES string of the molecule is CC1(C)c2cc(N(c3ccc(-c4ccccc4)cc3)c3ccc(-c4ccc(-c5ccccc5)cc4)cc3)ccc2-c2c1c1c3ccccc3oc1c1ccccc21. The Kier molecular flexibility index (Phi) is 7.55. The Hall–Kier alpha value is -7.16. The summed E-state index contributed by atoms with van der Waals surface area (Å²) in [6.45, 7) is 4.77. The summed E-state index contributed by atoms with van der Waals surface area (Å²) in [4.78, 5) is 2.40. The molecule has 0 N–H and O–H groups in total. The summed E-state index contributed by atoms with van der Waals surface area (Å²) in [7, 11) is 0. The second-order valence-electron chi connectivity index (χ2n) is 15.7. The minimum Gasteiger partial charge on any atom is -0.455 e. The topological polar surface area (TPSA) is 16.4 Å². The van der Waals surface area contributed by atoms with Crippen LogP contribution in [-0.2, 0) is 5.41 Å². The Morgan fingerprint density at radius 3 is 1.40 bits per heavy atom. The zero-order valence-corrected chi connectivity index (χ0v) is 31.9. The number of rotatable bonds is 6. The highest BCUT2D eigenvalue weighted by Crippen LogP contribution is 2.57. The third kappa shape index (κ3) is 5.33. The van der Waals surface area contributed by atoms with Crippen LogP contribution in [0, 0.1) is 0 Å². The predicted octanol–water partition coefficient (Wildman–Crippen LogP) is 15.5. The van der Waals surface area contributed by atoms with E-state index in [-0.39, 0.29) is 5.41 Å². The van der Waals surface area contributed by atoms with Gasteiger partial charge in [0, 0.05) is 38.6 Å². The van der Waals surface area contributed by atoms with Crippen molar-refractivity contribution in [2.75, 3.05) is 4.90 Å². The molecule has 11 rings (SSSR count). The highest BCUT2D eigenvalue weighted by Gasteiger charge is 2.40. The van der Waals surface area contributed by atoms with Crippen molar-refractivity contribution in [3.63, 3.8) is 0 Å². The molecule has 0 amide bonds. The van der Waals surface area contributed by atoms with E-state index < -0.39 is 0 Å². The lowest BCUT2D eigenvalue weighted by atomic mass is 9.79. The lowest BCUT2D eigenvalue weighted by Crippen LogP contribution is -2.17. The summed E-state index contributed by atoms with van der Waals surface area (Å²) in [5.74, 6) is 0. The van der Waals surface area contributed by atoms with E-state index in [9.17, 15) is 0 Å². The van der Waals surface area contributed by atoms with Crippen molar-refractivity contribution >= 4 is 49.8 Å². The molecule has 1 aliphatic carbocycles. The molecule has 0 aliphatic heterocycles. The summed E-state index contributed by atoms with van der Waals surface area (Å²) in [6, 6.07) is 72.3. The second-order valence-corrected chi connectivity index (χ2v) is 15.7. The van der Waals surface area contributed by atoms with E-state index in [0.29, 0.717) is 0 Å². The maximum Gasteiger partial charge on any atom is 0.143 e. The van der Waals surface area contributed by atoms with Crippen LogP contribution in [0.25, 0.3) is 77.2 Å². The van der Waals surface area contributed by atoms with Gasteiger partial charge in [0.15, 0.2) is 0 Å². The van der Waals surface area contributed by atoms with Crippen molar-refractivity contribution in [1.29, 1.82) is 0 Å². The molecule has 57 heavy (non-hydrogen) atoms. The van der Waals surface area contributed by atoms with Gasteiger partial charge in [-0.3, -0.25) is 0 Å². The first kappa shape index (κ1) is 33.2. The Morgan fingerprint density at radius 1 is 0.404 bits per heavy atom. The predicted molar refractivity (Wildman–Crippen MR) is 240 cm³/mol. The normalized spacial score (nSPS) is 12.9. The van der Waals surface area contributed by atoms with E-state index in [2.05, 4.69) is 219 Å². The minimum absolute atomic E-state index is 0.284. The average molecular weight is 730 g/mol. The maximum absolute atomic E-state index is 6.66. The van der Waals surface area contributed by atoms with Gasteiger partial charge in [0.1, 0.15) is 11.2 Å². The minimum atomic E-state index is -0.284. The van der Waals surface area contributed by atoms with Crippen molar-refractivity contribution in [3.05, 3.63) is 211 Å². The van der Waals surface area contributed by atoms with Gasteiger partial charge >= 0.3 is 0 Å². The third-order valence-electron chi connectivity index (χ3n) is 12.0. The van der Waals surface area contributed by atoms with Gasteiger partial charge in [-0.2, -0.15) is 0 Å². The van der Waals surface area contributed by atoms with E-state index >= 15 is 0 Å². The number of fused-ring (bicyclic) bond motifs is 10. The molecule has 9 aromatic carbocycles. The fourth-order valence-corrected chi connectivity index (χ4v) is 9.26. The molecule has 2 heteroatoms. The van der Waals surface area contributed by atoms with Gasteiger partial charge in [0.05, 0.1) is 0 Å². The molecule has 10 aromatic rings. The number of furan rings is 1. The summed E-state index contributed by atoms with van der Waals surface area (Å²) in [5, 5.41) is 4.79. The lowest BCUT2D eigenvalue weighted by Gasteiger charge is -2.28. The van der Waals surface area contributed by atoms with Gasteiger partial charge in [0.25, 0.3) is 0 Å². The second kappa shape index (κ2) is 13.0. The van der Waals surface area contributed by atoms with Gasteiger partial charge < -0.3 is 9.32 Å². The fourth-order valence-electron chi connectivity index (χ4n) is 9.26. The maximum atomic E-state index is 6.66. The molecule has 0 unspecified atom stereocenters. The third-order valence-corrected chi connectivity index (χ3v) is 12.0. The highest BCUT2D eigenvalue weighted by atomic mass is 16.3. The van der Waals surface area contributed by atoms with Crippen LogP contribution in [-0.4, -0.2) is 0 Å². The molecule has 2 nitrogen and oxygen atoms in total. The molecular formula is C55H39NO. The number of benzene rings is 9. The Labute approximate surface area is 332 Å². The molecule has 0 bridgehead atoms. The van der Waals surface area contributed by atoms with E-state index in [0.717, 1.165) is 33.6 Å². The first-order valence-corrected chi connectivity index (χ1v) is 19.8. The number of hydrogen-bond acceptors (Lipinski definition) is 2. The van der Waals surface area contributed by atoms with Crippen molar-refractivity contribution in [3.8, 4) is 44.5 Å². The molecule has 0 radical (unpaired) electrons. The van der Waals surface area contributed by atoms with Crippen LogP contribution in [0.1, 0.15) is 25.0 Å². The molecule has 0 atom stereocenters. The largest absolute Gasteiger partial charge is 0.455 e. The molecule has 0 spiro atoms. The number of hydrogen-bond donors (Lipinski definition) is 0. The van der Waals surface area contributed by atoms with E-state index in [4.69, 9.17) is 4.42 Å². The van der Waals surface area contributed by atoms with Gasteiger partial charge in [0.2, 0.25) is 0 Å². The number of para-hydroxylation sites is 1. The average Bonchev–Trinajstić information content (AvgIpc) is 3.77. The molecule has 1 aliphatic rings. The number of nitrogens with zero attached hydrogens (tertiary/aromatic N) is 1. The van der Waals surface area contributed by atoms with Gasteiger partial charge in [-0.25, -0.2) is 0 Å². The van der Waals surface area contributed by atoms with Gasteiger partial charge in [-0.15, -0.1) is 0 Å². The van der Waals surface area contributed by atoms with Crippen LogP contribution in [0.4, 0.5) is 17.1 Å². The first-order chi connectivity index (χ1) is 28.0. The lowest BCUT2D eigenvalue weighted by molar-refractivity contribution is 0.659. The molecule has 1 heterocycles. The molecule has 1 aromatic heterocycles. The van der Waals surface area contributed by atoms with Crippen LogP contribution in [0.5, 0.6) is 0 Å². The van der Waals surface area contributed by atoms with E-state index in [1.54, 1.807) is 0 Å². The number of anilines is 3. The molecular weight excluding hydrogens is 691 g/mol. The van der Waals surface area contributed by atoms with Crippen LogP contribution >= 0.6 is 0 Å². The zero-order chi connectivity index (χ0) is 38.1. The van der Waals surface area contributed by atoms with Crippen LogP contribution in [0.2, 0.25) is 0 Å². The van der Waals surface area contributed by atoms with Crippen molar-refractivity contribution in [1.82, 2.24) is 0 Å². The monoisotopic (exact) mass is 729 g/mol. The smallest absolute Gasteiger partial charge is 0.143 e. The summed E-state index contributed by atoms with van der Waals surface area (Å²) < 4.78 is 6.66. The summed E-state index contributed by atoms with van der Waals surface area (Å²) in [5.41, 5.74) is 17.5. The van der Waals surface area contributed by atoms with Gasteiger partial charge in [-0.1, -0.05) is 172 Å². The van der Waals surface area contributed by atoms with E-state index in [1.807, 2.05) is 0 Å². The first-order valence-electron chi connectivity index (χ1n) is 19.8. The Morgan fingerprint density at radius 2 is 0.842 bits per heavy atom. The zero-order valence-electron chi connectivity index (χ0n) is 31.9. The highest BCUT2D eigenvalue weighted by molar-refractivity contribution is 6.23. The van der Waals surface area contributed by atoms with E-state index in [1.165, 1.54) is 71.8 Å². The van der Waals surface area contributed by atoms with Crippen LogP contribution in [0.15, 0.2) is 205 Å². The Balaban J connectivity index is 1.05. The molecule has 0 saturated carbocycles. The quantitative estimate of drug-likeness (QED) is 0.169. The van der Waals surface area contributed by atoms with Crippen molar-refractivity contribution in [2.24, 2.45) is 0 Å². The van der Waals surface area contributed by atoms with Crippen molar-refractivity contribution in [2.45, 2.75) is 19.3 Å². The summed E-state index contributed by atoms with van der Waals surface area (Å²) >= 11 is 0. The molecule has 0 saturated heterocycles. The molecule has 270 valence electrons. The summed E-state index contributed by atoms with van der Waals surface area (Å²) in [6.07, 6.45) is 0. The van der Waals surface area contributed by atoms with Crippen molar-refractivity contribution < 1.29 is 4.42 Å².